The molecule has 0 fully saturated rings. The van der Waals surface area contributed by atoms with E-state index in [0.29, 0.717) is 0 Å². The highest BCUT2D eigenvalue weighted by Gasteiger charge is 2.17. The van der Waals surface area contributed by atoms with Gasteiger partial charge in [0.15, 0.2) is 0 Å². The van der Waals surface area contributed by atoms with Gasteiger partial charge >= 0.3 is 0 Å². The lowest BCUT2D eigenvalue weighted by Gasteiger charge is -2.18. The molecule has 3 heteroatoms. The number of nitrogens with one attached hydrogen (secondary N) is 1. The molecule has 0 aliphatic carbocycles. The van der Waals surface area contributed by atoms with Gasteiger partial charge in [-0.2, -0.15) is 0 Å². The number of amides is 1. The second-order valence-electron chi connectivity index (χ2n) is 4.45. The molecule has 0 aliphatic heterocycles. The molecule has 0 saturated heterocycles. The summed E-state index contributed by atoms with van der Waals surface area (Å²) in [5.41, 5.74) is 6.26. The molecule has 1 aromatic rings. The highest BCUT2D eigenvalue weighted by molar-refractivity contribution is 5.83. The molecular formula is C13H20N2O. The van der Waals surface area contributed by atoms with Crippen LogP contribution in [0.15, 0.2) is 18.2 Å². The number of hydrazine groups is 1. The van der Waals surface area contributed by atoms with Crippen molar-refractivity contribution in [2.24, 2.45) is 0 Å². The summed E-state index contributed by atoms with van der Waals surface area (Å²) in [5.74, 6) is -0.0973. The maximum absolute atomic E-state index is 11.8. The molecule has 1 aromatic carbocycles. The SMILES string of the molecule is Cc1ccc(C(C)C(=O)NN(C)C)c(C)c1. The predicted octanol–water partition coefficient (Wildman–Crippen LogP) is 2.00. The van der Waals surface area contributed by atoms with E-state index in [2.05, 4.69) is 18.4 Å². The Bertz CT molecular complexity index is 386. The van der Waals surface area contributed by atoms with Crippen LogP contribution in [0.25, 0.3) is 0 Å². The summed E-state index contributed by atoms with van der Waals surface area (Å²) in [6.45, 7) is 6.03. The van der Waals surface area contributed by atoms with Crippen LogP contribution in [0, 0.1) is 13.8 Å². The van der Waals surface area contributed by atoms with Crippen molar-refractivity contribution in [1.29, 1.82) is 0 Å². The Labute approximate surface area is 97.4 Å². The predicted molar refractivity (Wildman–Crippen MR) is 66.2 cm³/mol. The summed E-state index contributed by atoms with van der Waals surface area (Å²) in [5, 5.41) is 1.67. The quantitative estimate of drug-likeness (QED) is 0.790. The fourth-order valence-corrected chi connectivity index (χ4v) is 1.77. The van der Waals surface area contributed by atoms with Gasteiger partial charge in [0, 0.05) is 14.1 Å². The maximum atomic E-state index is 11.8. The zero-order valence-electron chi connectivity index (χ0n) is 10.7. The fourth-order valence-electron chi connectivity index (χ4n) is 1.77. The molecule has 1 unspecified atom stereocenters. The summed E-state index contributed by atoms with van der Waals surface area (Å²) in [6, 6.07) is 6.18. The molecule has 0 spiro atoms. The third-order valence-corrected chi connectivity index (χ3v) is 2.62. The van der Waals surface area contributed by atoms with Crippen molar-refractivity contribution in [2.45, 2.75) is 26.7 Å². The van der Waals surface area contributed by atoms with E-state index in [9.17, 15) is 4.79 Å². The molecule has 16 heavy (non-hydrogen) atoms. The van der Waals surface area contributed by atoms with E-state index in [1.54, 1.807) is 5.01 Å². The van der Waals surface area contributed by atoms with E-state index in [-0.39, 0.29) is 11.8 Å². The van der Waals surface area contributed by atoms with Gasteiger partial charge in [-0.15, -0.1) is 0 Å². The van der Waals surface area contributed by atoms with Gasteiger partial charge < -0.3 is 0 Å². The maximum Gasteiger partial charge on any atom is 0.241 e. The molecular weight excluding hydrogens is 200 g/mol. The molecule has 0 heterocycles. The lowest BCUT2D eigenvalue weighted by Crippen LogP contribution is -2.38. The van der Waals surface area contributed by atoms with Crippen LogP contribution < -0.4 is 5.43 Å². The summed E-state index contributed by atoms with van der Waals surface area (Å²) in [7, 11) is 3.62. The van der Waals surface area contributed by atoms with Crippen LogP contribution in [0.1, 0.15) is 29.5 Å². The molecule has 1 N–H and O–H groups in total. The number of nitrogens with zero attached hydrogens (tertiary/aromatic N) is 1. The van der Waals surface area contributed by atoms with Crippen LogP contribution in [-0.4, -0.2) is 25.0 Å². The van der Waals surface area contributed by atoms with Crippen molar-refractivity contribution in [2.75, 3.05) is 14.1 Å². The van der Waals surface area contributed by atoms with Crippen molar-refractivity contribution in [1.82, 2.24) is 10.4 Å². The first-order valence-corrected chi connectivity index (χ1v) is 5.46. The van der Waals surface area contributed by atoms with Crippen LogP contribution >= 0.6 is 0 Å². The number of carbonyl (C=O) groups excluding carboxylic acids is 1. The number of carbonyl (C=O) groups is 1. The van der Waals surface area contributed by atoms with Crippen LogP contribution in [0.3, 0.4) is 0 Å². The summed E-state index contributed by atoms with van der Waals surface area (Å²) >= 11 is 0. The number of benzene rings is 1. The summed E-state index contributed by atoms with van der Waals surface area (Å²) < 4.78 is 0. The first kappa shape index (κ1) is 12.7. The Balaban J connectivity index is 2.87. The van der Waals surface area contributed by atoms with Gasteiger partial charge in [-0.05, 0) is 31.9 Å². The largest absolute Gasteiger partial charge is 0.289 e. The Morgan fingerprint density at radius 3 is 2.44 bits per heavy atom. The van der Waals surface area contributed by atoms with Crippen LogP contribution in [0.4, 0.5) is 0 Å². The minimum atomic E-state index is -0.122. The number of aryl methyl sites for hydroxylation is 2. The number of hydrogen-bond acceptors (Lipinski definition) is 2. The number of hydrogen-bond donors (Lipinski definition) is 1. The van der Waals surface area contributed by atoms with Crippen LogP contribution in [0.5, 0.6) is 0 Å². The van der Waals surface area contributed by atoms with Gasteiger partial charge in [-0.25, -0.2) is 5.01 Å². The smallest absolute Gasteiger partial charge is 0.241 e. The fraction of sp³-hybridized carbons (Fsp3) is 0.462. The Kier molecular flexibility index (Phi) is 4.07. The Morgan fingerprint density at radius 1 is 1.31 bits per heavy atom. The molecule has 1 rings (SSSR count). The van der Waals surface area contributed by atoms with E-state index in [4.69, 9.17) is 0 Å². The van der Waals surface area contributed by atoms with E-state index < -0.39 is 0 Å². The van der Waals surface area contributed by atoms with Gasteiger partial charge in [0.25, 0.3) is 0 Å². The molecule has 0 radical (unpaired) electrons. The van der Waals surface area contributed by atoms with E-state index in [0.717, 1.165) is 5.56 Å². The first-order valence-electron chi connectivity index (χ1n) is 5.46. The molecule has 1 amide bonds. The minimum Gasteiger partial charge on any atom is -0.289 e. The zero-order chi connectivity index (χ0) is 12.3. The molecule has 0 bridgehead atoms. The van der Waals surface area contributed by atoms with Crippen molar-refractivity contribution < 1.29 is 4.79 Å². The average molecular weight is 220 g/mol. The van der Waals surface area contributed by atoms with Crippen molar-refractivity contribution >= 4 is 5.91 Å². The monoisotopic (exact) mass is 220 g/mol. The molecule has 0 saturated carbocycles. The van der Waals surface area contributed by atoms with Crippen molar-refractivity contribution in [3.05, 3.63) is 34.9 Å². The van der Waals surface area contributed by atoms with Gasteiger partial charge in [0.05, 0.1) is 5.92 Å². The standard InChI is InChI=1S/C13H20N2O/c1-9-6-7-12(10(2)8-9)11(3)13(16)14-15(4)5/h6-8,11H,1-5H3,(H,14,16). The highest BCUT2D eigenvalue weighted by atomic mass is 16.2. The first-order chi connectivity index (χ1) is 7.41. The van der Waals surface area contributed by atoms with E-state index >= 15 is 0 Å². The normalized spacial score (nSPS) is 12.6. The zero-order valence-corrected chi connectivity index (χ0v) is 10.7. The third kappa shape index (κ3) is 3.07. The second-order valence-corrected chi connectivity index (χ2v) is 4.45. The average Bonchev–Trinajstić information content (AvgIpc) is 2.15. The van der Waals surface area contributed by atoms with Gasteiger partial charge in [-0.1, -0.05) is 23.8 Å². The second kappa shape index (κ2) is 5.12. The van der Waals surface area contributed by atoms with Crippen LogP contribution in [-0.2, 0) is 4.79 Å². The summed E-state index contributed by atoms with van der Waals surface area (Å²) in [6.07, 6.45) is 0. The van der Waals surface area contributed by atoms with Gasteiger partial charge in [-0.3, -0.25) is 10.2 Å². The van der Waals surface area contributed by atoms with Gasteiger partial charge in [0.1, 0.15) is 0 Å². The molecule has 0 aromatic heterocycles. The van der Waals surface area contributed by atoms with Gasteiger partial charge in [0.2, 0.25) is 5.91 Å². The topological polar surface area (TPSA) is 32.3 Å². The van der Waals surface area contributed by atoms with Crippen molar-refractivity contribution in [3.8, 4) is 0 Å². The van der Waals surface area contributed by atoms with E-state index in [1.807, 2.05) is 40.1 Å². The van der Waals surface area contributed by atoms with E-state index in [1.165, 1.54) is 11.1 Å². The highest BCUT2D eigenvalue weighted by Crippen LogP contribution is 2.20. The Hall–Kier alpha value is -1.35. The molecule has 3 nitrogen and oxygen atoms in total. The number of rotatable bonds is 3. The molecule has 88 valence electrons. The molecule has 1 atom stereocenters. The summed E-state index contributed by atoms with van der Waals surface area (Å²) in [4.78, 5) is 11.8. The third-order valence-electron chi connectivity index (χ3n) is 2.62. The van der Waals surface area contributed by atoms with Crippen LogP contribution in [0.2, 0.25) is 0 Å². The lowest BCUT2D eigenvalue weighted by molar-refractivity contribution is -0.126. The lowest BCUT2D eigenvalue weighted by atomic mass is 9.94. The van der Waals surface area contributed by atoms with Crippen molar-refractivity contribution in [3.63, 3.8) is 0 Å². The Morgan fingerprint density at radius 2 is 1.94 bits per heavy atom. The molecule has 0 aliphatic rings. The minimum absolute atomic E-state index is 0.0250.